The van der Waals surface area contributed by atoms with E-state index in [2.05, 4.69) is 26.2 Å². The standard InChI is InChI=1S/C26H29BrN4O3S/c1-18-6-4-5-15-31(18)35(33,34)21-11-12-24(27)23(16-21)26(32)29-25-17-28-14-13-22(25)19-7-9-20(10-8-19)30(2)3/h7-14,16-18H,4-6,15H2,1-3H3,(H,29,32). The van der Waals surface area contributed by atoms with Gasteiger partial charge in [-0.2, -0.15) is 4.31 Å². The van der Waals surface area contributed by atoms with E-state index in [4.69, 9.17) is 0 Å². The first-order chi connectivity index (χ1) is 16.7. The molecule has 3 aromatic rings. The van der Waals surface area contributed by atoms with Crippen LogP contribution in [0.5, 0.6) is 0 Å². The topological polar surface area (TPSA) is 82.6 Å². The van der Waals surface area contributed by atoms with Crippen molar-refractivity contribution in [1.29, 1.82) is 0 Å². The summed E-state index contributed by atoms with van der Waals surface area (Å²) in [5, 5.41) is 2.92. The summed E-state index contributed by atoms with van der Waals surface area (Å²) in [6.07, 6.45) is 5.96. The number of benzene rings is 2. The van der Waals surface area contributed by atoms with Crippen molar-refractivity contribution in [2.75, 3.05) is 30.9 Å². The van der Waals surface area contributed by atoms with E-state index in [1.54, 1.807) is 24.5 Å². The lowest BCUT2D eigenvalue weighted by Crippen LogP contribution is -2.41. The number of aromatic nitrogens is 1. The molecule has 1 aromatic heterocycles. The molecule has 2 heterocycles. The van der Waals surface area contributed by atoms with Crippen LogP contribution >= 0.6 is 15.9 Å². The van der Waals surface area contributed by atoms with Crippen molar-refractivity contribution in [3.8, 4) is 11.1 Å². The largest absolute Gasteiger partial charge is 0.378 e. The van der Waals surface area contributed by atoms with Crippen LogP contribution in [0.15, 0.2) is 70.3 Å². The molecule has 1 aliphatic rings. The molecule has 4 rings (SSSR count). The lowest BCUT2D eigenvalue weighted by Gasteiger charge is -2.32. The molecule has 1 fully saturated rings. The van der Waals surface area contributed by atoms with Gasteiger partial charge in [0.15, 0.2) is 0 Å². The number of hydrogen-bond acceptors (Lipinski definition) is 5. The molecule has 0 saturated carbocycles. The van der Waals surface area contributed by atoms with Crippen LogP contribution < -0.4 is 10.2 Å². The molecule has 1 atom stereocenters. The van der Waals surface area contributed by atoms with Gasteiger partial charge in [0.2, 0.25) is 10.0 Å². The Morgan fingerprint density at radius 1 is 1.11 bits per heavy atom. The van der Waals surface area contributed by atoms with Crippen LogP contribution in [0.2, 0.25) is 0 Å². The van der Waals surface area contributed by atoms with Crippen LogP contribution in [0.3, 0.4) is 0 Å². The minimum absolute atomic E-state index is 0.0634. The van der Waals surface area contributed by atoms with Gasteiger partial charge in [0.25, 0.3) is 5.91 Å². The van der Waals surface area contributed by atoms with E-state index < -0.39 is 15.9 Å². The number of rotatable bonds is 6. The van der Waals surface area contributed by atoms with Crippen molar-refractivity contribution in [1.82, 2.24) is 9.29 Å². The van der Waals surface area contributed by atoms with Gasteiger partial charge in [-0.1, -0.05) is 18.6 Å². The fraction of sp³-hybridized carbons (Fsp3) is 0.308. The first kappa shape index (κ1) is 25.3. The number of amides is 1. The monoisotopic (exact) mass is 556 g/mol. The van der Waals surface area contributed by atoms with Crippen LogP contribution in [0.4, 0.5) is 11.4 Å². The average molecular weight is 558 g/mol. The number of nitrogens with one attached hydrogen (secondary N) is 1. The Morgan fingerprint density at radius 3 is 2.54 bits per heavy atom. The fourth-order valence-corrected chi connectivity index (χ4v) is 6.43. The highest BCUT2D eigenvalue weighted by Gasteiger charge is 2.31. The minimum Gasteiger partial charge on any atom is -0.378 e. The molecule has 1 amide bonds. The Kier molecular flexibility index (Phi) is 7.59. The number of pyridine rings is 1. The van der Waals surface area contributed by atoms with E-state index >= 15 is 0 Å². The average Bonchev–Trinajstić information content (AvgIpc) is 2.84. The molecule has 9 heteroatoms. The number of nitrogens with zero attached hydrogens (tertiary/aromatic N) is 3. The molecule has 0 radical (unpaired) electrons. The smallest absolute Gasteiger partial charge is 0.256 e. The van der Waals surface area contributed by atoms with Crippen molar-refractivity contribution in [3.63, 3.8) is 0 Å². The lowest BCUT2D eigenvalue weighted by atomic mass is 10.0. The summed E-state index contributed by atoms with van der Waals surface area (Å²) in [6, 6.07) is 14.4. The van der Waals surface area contributed by atoms with E-state index in [0.29, 0.717) is 16.7 Å². The molecule has 184 valence electrons. The number of anilines is 2. The van der Waals surface area contributed by atoms with Crippen molar-refractivity contribution < 1.29 is 13.2 Å². The molecule has 1 unspecified atom stereocenters. The Balaban J connectivity index is 1.63. The zero-order valence-corrected chi connectivity index (χ0v) is 22.4. The van der Waals surface area contributed by atoms with Gasteiger partial charge in [0.05, 0.1) is 22.3 Å². The van der Waals surface area contributed by atoms with E-state index in [0.717, 1.165) is 36.1 Å². The predicted octanol–water partition coefficient (Wildman–Crippen LogP) is 5.39. The Hall–Kier alpha value is -2.75. The second-order valence-electron chi connectivity index (χ2n) is 8.92. The van der Waals surface area contributed by atoms with Crippen molar-refractivity contribution in [3.05, 3.63) is 71.0 Å². The molecule has 7 nitrogen and oxygen atoms in total. The van der Waals surface area contributed by atoms with Crippen LogP contribution in [0, 0.1) is 0 Å². The summed E-state index contributed by atoms with van der Waals surface area (Å²) < 4.78 is 28.7. The molecule has 0 aliphatic carbocycles. The maximum atomic E-state index is 13.3. The van der Waals surface area contributed by atoms with Crippen LogP contribution in [0.1, 0.15) is 36.5 Å². The van der Waals surface area contributed by atoms with Gasteiger partial charge in [0.1, 0.15) is 0 Å². The van der Waals surface area contributed by atoms with Crippen molar-refractivity contribution >= 4 is 43.2 Å². The number of carbonyl (C=O) groups excluding carboxylic acids is 1. The second-order valence-corrected chi connectivity index (χ2v) is 11.7. The summed E-state index contributed by atoms with van der Waals surface area (Å²) in [5.74, 6) is -0.417. The van der Waals surface area contributed by atoms with E-state index in [-0.39, 0.29) is 16.5 Å². The Morgan fingerprint density at radius 2 is 1.86 bits per heavy atom. The fourth-order valence-electron chi connectivity index (χ4n) is 4.28. The Labute approximate surface area is 215 Å². The molecule has 0 spiro atoms. The Bertz CT molecular complexity index is 1330. The van der Waals surface area contributed by atoms with E-state index in [9.17, 15) is 13.2 Å². The van der Waals surface area contributed by atoms with Gasteiger partial charge in [-0.25, -0.2) is 8.42 Å². The van der Waals surface area contributed by atoms with Crippen LogP contribution in [-0.4, -0.2) is 50.3 Å². The van der Waals surface area contributed by atoms with Gasteiger partial charge in [-0.15, -0.1) is 0 Å². The third-order valence-corrected chi connectivity index (χ3v) is 9.00. The predicted molar refractivity (Wildman–Crippen MR) is 143 cm³/mol. The highest BCUT2D eigenvalue weighted by molar-refractivity contribution is 9.10. The summed E-state index contributed by atoms with van der Waals surface area (Å²) in [7, 11) is 0.252. The molecular formula is C26H29BrN4O3S. The molecule has 0 bridgehead atoms. The maximum absolute atomic E-state index is 13.3. The quantitative estimate of drug-likeness (QED) is 0.440. The molecule has 1 saturated heterocycles. The van der Waals surface area contributed by atoms with E-state index in [1.165, 1.54) is 10.4 Å². The highest BCUT2D eigenvalue weighted by atomic mass is 79.9. The van der Waals surface area contributed by atoms with Gasteiger partial charge >= 0.3 is 0 Å². The van der Waals surface area contributed by atoms with Gasteiger partial charge in [-0.3, -0.25) is 9.78 Å². The maximum Gasteiger partial charge on any atom is 0.256 e. The summed E-state index contributed by atoms with van der Waals surface area (Å²) >= 11 is 3.41. The summed E-state index contributed by atoms with van der Waals surface area (Å²) in [5.41, 5.74) is 3.61. The number of sulfonamides is 1. The number of hydrogen-bond donors (Lipinski definition) is 1. The van der Waals surface area contributed by atoms with Gasteiger partial charge in [-0.05, 0) is 77.7 Å². The molecule has 1 N–H and O–H groups in total. The minimum atomic E-state index is -3.70. The number of piperidine rings is 1. The number of halogens is 1. The number of carbonyl (C=O) groups is 1. The van der Waals surface area contributed by atoms with Gasteiger partial charge < -0.3 is 10.2 Å². The molecule has 1 aliphatic heterocycles. The molecular weight excluding hydrogens is 528 g/mol. The second kappa shape index (κ2) is 10.5. The highest BCUT2D eigenvalue weighted by Crippen LogP contribution is 2.31. The molecule has 2 aromatic carbocycles. The summed E-state index contributed by atoms with van der Waals surface area (Å²) in [4.78, 5) is 19.6. The summed E-state index contributed by atoms with van der Waals surface area (Å²) in [6.45, 7) is 2.42. The van der Waals surface area contributed by atoms with E-state index in [1.807, 2.05) is 56.3 Å². The first-order valence-corrected chi connectivity index (χ1v) is 13.8. The lowest BCUT2D eigenvalue weighted by molar-refractivity contribution is 0.102. The first-order valence-electron chi connectivity index (χ1n) is 11.5. The van der Waals surface area contributed by atoms with Gasteiger partial charge in [0, 0.05) is 48.6 Å². The zero-order chi connectivity index (χ0) is 25.2. The van der Waals surface area contributed by atoms with Crippen LogP contribution in [-0.2, 0) is 10.0 Å². The third-order valence-electron chi connectivity index (χ3n) is 6.30. The normalized spacial score (nSPS) is 16.6. The zero-order valence-electron chi connectivity index (χ0n) is 20.0. The molecule has 35 heavy (non-hydrogen) atoms. The van der Waals surface area contributed by atoms with Crippen molar-refractivity contribution in [2.24, 2.45) is 0 Å². The SMILES string of the molecule is CC1CCCCN1S(=O)(=O)c1ccc(Br)c(C(=O)Nc2cnccc2-c2ccc(N(C)C)cc2)c1. The van der Waals surface area contributed by atoms with Crippen LogP contribution in [0.25, 0.3) is 11.1 Å². The third kappa shape index (κ3) is 5.42. The van der Waals surface area contributed by atoms with Crippen molar-refractivity contribution in [2.45, 2.75) is 37.1 Å².